The first kappa shape index (κ1) is 7.10. The number of aromatic nitrogens is 2. The fourth-order valence-electron chi connectivity index (χ4n) is 1.38. The average molecular weight is 158 g/mol. The molecule has 0 amide bonds. The highest BCUT2D eigenvalue weighted by atomic mass is 14.9. The van der Waals surface area contributed by atoms with Gasteiger partial charge in [-0.05, 0) is 30.7 Å². The molecule has 2 aromatic heterocycles. The highest BCUT2D eigenvalue weighted by Gasteiger charge is 2.03. The molecule has 0 aliphatic heterocycles. The Labute approximate surface area is 70.9 Å². The molecule has 2 nitrogen and oxygen atoms in total. The molecule has 0 saturated carbocycles. The highest BCUT2D eigenvalue weighted by Crippen LogP contribution is 2.19. The molecule has 0 aliphatic carbocycles. The number of hydrogen-bond donors (Lipinski definition) is 1. The number of aromatic amines is 1. The molecule has 2 heterocycles. The molecule has 0 aromatic carbocycles. The molecular weight excluding hydrogens is 148 g/mol. The van der Waals surface area contributed by atoms with Crippen LogP contribution >= 0.6 is 0 Å². The van der Waals surface area contributed by atoms with Crippen LogP contribution in [0.3, 0.4) is 0 Å². The van der Waals surface area contributed by atoms with Crippen molar-refractivity contribution in [3.63, 3.8) is 0 Å². The second-order valence-electron chi connectivity index (χ2n) is 2.77. The minimum Gasteiger partial charge on any atom is -0.340 e. The topological polar surface area (TPSA) is 28.7 Å². The van der Waals surface area contributed by atoms with Gasteiger partial charge in [-0.3, -0.25) is 0 Å². The summed E-state index contributed by atoms with van der Waals surface area (Å²) in [5, 5.41) is 1.17. The molecular formula is C10H10N2. The van der Waals surface area contributed by atoms with Gasteiger partial charge in [0, 0.05) is 17.3 Å². The first-order valence-electron chi connectivity index (χ1n) is 3.88. The van der Waals surface area contributed by atoms with Crippen molar-refractivity contribution in [3.8, 4) is 0 Å². The third kappa shape index (κ3) is 0.848. The Hall–Kier alpha value is -1.57. The van der Waals surface area contributed by atoms with E-state index >= 15 is 0 Å². The lowest BCUT2D eigenvalue weighted by molar-refractivity contribution is 1.30. The van der Waals surface area contributed by atoms with E-state index in [1.165, 1.54) is 10.9 Å². The number of fused-ring (bicyclic) bond motifs is 1. The lowest BCUT2D eigenvalue weighted by Gasteiger charge is -1.87. The smallest absolute Gasteiger partial charge is 0.137 e. The van der Waals surface area contributed by atoms with Crippen molar-refractivity contribution in [3.05, 3.63) is 36.2 Å². The van der Waals surface area contributed by atoms with E-state index in [1.807, 2.05) is 12.1 Å². The van der Waals surface area contributed by atoms with Gasteiger partial charge in [0.1, 0.15) is 5.65 Å². The van der Waals surface area contributed by atoms with E-state index in [1.54, 1.807) is 6.20 Å². The molecule has 12 heavy (non-hydrogen) atoms. The summed E-state index contributed by atoms with van der Waals surface area (Å²) in [7, 11) is 0. The summed E-state index contributed by atoms with van der Waals surface area (Å²) >= 11 is 0. The second-order valence-corrected chi connectivity index (χ2v) is 2.77. The van der Waals surface area contributed by atoms with Crippen molar-refractivity contribution in [1.29, 1.82) is 0 Å². The van der Waals surface area contributed by atoms with Crippen molar-refractivity contribution in [2.45, 2.75) is 6.92 Å². The van der Waals surface area contributed by atoms with E-state index in [4.69, 9.17) is 0 Å². The number of pyridine rings is 1. The molecule has 0 spiro atoms. The predicted octanol–water partition coefficient (Wildman–Crippen LogP) is 2.51. The number of nitrogens with zero attached hydrogens (tertiary/aromatic N) is 1. The lowest BCUT2D eigenvalue weighted by Crippen LogP contribution is -1.72. The first-order valence-corrected chi connectivity index (χ1v) is 3.88. The molecule has 0 aliphatic rings. The monoisotopic (exact) mass is 158 g/mol. The highest BCUT2D eigenvalue weighted by molar-refractivity contribution is 5.83. The van der Waals surface area contributed by atoms with Crippen LogP contribution in [0.1, 0.15) is 11.3 Å². The Balaban J connectivity index is 2.87. The Bertz CT molecular complexity index is 426. The number of rotatable bonds is 1. The SMILES string of the molecule is C=Cc1[nH]c2ncccc2c1C. The zero-order chi connectivity index (χ0) is 8.55. The Kier molecular flexibility index (Phi) is 1.47. The number of nitrogens with one attached hydrogen (secondary N) is 1. The van der Waals surface area contributed by atoms with Gasteiger partial charge in [0.15, 0.2) is 0 Å². The van der Waals surface area contributed by atoms with E-state index < -0.39 is 0 Å². The molecule has 0 atom stereocenters. The van der Waals surface area contributed by atoms with E-state index in [0.29, 0.717) is 0 Å². The maximum Gasteiger partial charge on any atom is 0.137 e. The first-order chi connectivity index (χ1) is 5.83. The lowest BCUT2D eigenvalue weighted by atomic mass is 10.2. The summed E-state index contributed by atoms with van der Waals surface area (Å²) in [4.78, 5) is 7.39. The number of aryl methyl sites for hydroxylation is 1. The summed E-state index contributed by atoms with van der Waals surface area (Å²) in [6.45, 7) is 5.79. The van der Waals surface area contributed by atoms with Gasteiger partial charge in [-0.25, -0.2) is 4.98 Å². The van der Waals surface area contributed by atoms with Crippen LogP contribution < -0.4 is 0 Å². The van der Waals surface area contributed by atoms with Crippen LogP contribution in [0.4, 0.5) is 0 Å². The van der Waals surface area contributed by atoms with E-state index in [-0.39, 0.29) is 0 Å². The summed E-state index contributed by atoms with van der Waals surface area (Å²) in [6, 6.07) is 4.00. The van der Waals surface area contributed by atoms with Gasteiger partial charge in [-0.2, -0.15) is 0 Å². The van der Waals surface area contributed by atoms with Crippen LogP contribution in [0.2, 0.25) is 0 Å². The van der Waals surface area contributed by atoms with Crippen molar-refractivity contribution in [2.24, 2.45) is 0 Å². The molecule has 2 aromatic rings. The second kappa shape index (κ2) is 2.48. The van der Waals surface area contributed by atoms with Crippen molar-refractivity contribution in [2.75, 3.05) is 0 Å². The molecule has 0 unspecified atom stereocenters. The Morgan fingerprint density at radius 2 is 2.42 bits per heavy atom. The molecule has 1 N–H and O–H groups in total. The van der Waals surface area contributed by atoms with Gasteiger partial charge in [-0.1, -0.05) is 6.58 Å². The molecule has 60 valence electrons. The van der Waals surface area contributed by atoms with Crippen molar-refractivity contribution < 1.29 is 0 Å². The van der Waals surface area contributed by atoms with Gasteiger partial charge in [0.05, 0.1) is 0 Å². The predicted molar refractivity (Wildman–Crippen MR) is 50.9 cm³/mol. The zero-order valence-electron chi connectivity index (χ0n) is 6.96. The van der Waals surface area contributed by atoms with Crippen molar-refractivity contribution in [1.82, 2.24) is 9.97 Å². The minimum atomic E-state index is 0.935. The van der Waals surface area contributed by atoms with Crippen LogP contribution in [0, 0.1) is 6.92 Å². The van der Waals surface area contributed by atoms with Gasteiger partial charge in [0.25, 0.3) is 0 Å². The maximum atomic E-state index is 4.21. The standard InChI is InChI=1S/C10H10N2/c1-3-9-7(2)8-5-4-6-11-10(8)12-9/h3-6H,1H2,2H3,(H,11,12). The molecule has 0 fully saturated rings. The fraction of sp³-hybridized carbons (Fsp3) is 0.100. The van der Waals surface area contributed by atoms with Crippen LogP contribution in [-0.2, 0) is 0 Å². The summed E-state index contributed by atoms with van der Waals surface area (Å²) < 4.78 is 0. The molecule has 2 rings (SSSR count). The Morgan fingerprint density at radius 1 is 1.58 bits per heavy atom. The van der Waals surface area contributed by atoms with Crippen LogP contribution in [-0.4, -0.2) is 9.97 Å². The van der Waals surface area contributed by atoms with Crippen molar-refractivity contribution >= 4 is 17.1 Å². The molecule has 0 bridgehead atoms. The fourth-order valence-corrected chi connectivity index (χ4v) is 1.38. The summed E-state index contributed by atoms with van der Waals surface area (Å²) in [5.74, 6) is 0. The number of hydrogen-bond acceptors (Lipinski definition) is 1. The maximum absolute atomic E-state index is 4.21. The van der Waals surface area contributed by atoms with Gasteiger partial charge < -0.3 is 4.98 Å². The quantitative estimate of drug-likeness (QED) is 0.678. The minimum absolute atomic E-state index is 0.935. The normalized spacial score (nSPS) is 10.4. The average Bonchev–Trinajstić information content (AvgIpc) is 2.44. The molecule has 0 radical (unpaired) electrons. The zero-order valence-corrected chi connectivity index (χ0v) is 6.96. The summed E-state index contributed by atoms with van der Waals surface area (Å²) in [6.07, 6.45) is 3.60. The van der Waals surface area contributed by atoms with Crippen LogP contribution in [0.25, 0.3) is 17.1 Å². The van der Waals surface area contributed by atoms with Gasteiger partial charge >= 0.3 is 0 Å². The summed E-state index contributed by atoms with van der Waals surface area (Å²) in [5.41, 5.74) is 3.21. The molecule has 0 saturated heterocycles. The largest absolute Gasteiger partial charge is 0.340 e. The van der Waals surface area contributed by atoms with Crippen LogP contribution in [0.15, 0.2) is 24.9 Å². The Morgan fingerprint density at radius 3 is 3.08 bits per heavy atom. The third-order valence-electron chi connectivity index (χ3n) is 2.07. The van der Waals surface area contributed by atoms with E-state index in [9.17, 15) is 0 Å². The van der Waals surface area contributed by atoms with Gasteiger partial charge in [-0.15, -0.1) is 0 Å². The number of H-pyrrole nitrogens is 1. The molecule has 2 heteroatoms. The van der Waals surface area contributed by atoms with E-state index in [0.717, 1.165) is 11.3 Å². The third-order valence-corrected chi connectivity index (χ3v) is 2.07. The van der Waals surface area contributed by atoms with Gasteiger partial charge in [0.2, 0.25) is 0 Å². The van der Waals surface area contributed by atoms with E-state index in [2.05, 4.69) is 29.5 Å². The van der Waals surface area contributed by atoms with Crippen LogP contribution in [0.5, 0.6) is 0 Å².